The van der Waals surface area contributed by atoms with E-state index in [9.17, 15) is 29.1 Å². The van der Waals surface area contributed by atoms with Crippen LogP contribution in [0.15, 0.2) is 78.1 Å². The number of rotatable bonds is 9. The highest BCUT2D eigenvalue weighted by Gasteiger charge is 2.43. The van der Waals surface area contributed by atoms with Gasteiger partial charge in [-0.05, 0) is 39.2 Å². The molecule has 3 aliphatic rings. The molecule has 1 N–H and O–H groups in total. The lowest BCUT2D eigenvalue weighted by Gasteiger charge is -2.38. The summed E-state index contributed by atoms with van der Waals surface area (Å²) in [4.78, 5) is 72.8. The van der Waals surface area contributed by atoms with Crippen molar-refractivity contribution in [1.82, 2.24) is 23.5 Å². The zero-order valence-electron chi connectivity index (χ0n) is 29.3. The molecule has 0 saturated carbocycles. The molecule has 2 atom stereocenters. The van der Waals surface area contributed by atoms with Crippen molar-refractivity contribution in [3.8, 4) is 28.7 Å². The first-order valence-corrected chi connectivity index (χ1v) is 17.3. The van der Waals surface area contributed by atoms with Gasteiger partial charge in [0.15, 0.2) is 34.6 Å². The minimum absolute atomic E-state index is 0.00129. The minimum Gasteiger partial charge on any atom is -0.502 e. The standard InChI is InChI=1S/C37H34BrN5O10/c1-40-26-17-29(51-3)28(50-2)16-24(26)39-23(35(40)47)9-10-41-36(48)42-11-8-19-20(7-6-18-12-30(52-4)34(46)31(13-18)53-5)32-21(14-25(19)43(42)37(41)49)33(45)22(38)15-27(32)44/h6-8,12-13,15-17,20,25,46H,9-11,14H2,1-5H3. The molecule has 53 heavy (non-hydrogen) atoms. The molecule has 2 unspecified atom stereocenters. The fourth-order valence-electron chi connectivity index (χ4n) is 7.30. The number of phenolic OH excluding ortho intramolecular Hbond substituents is 1. The van der Waals surface area contributed by atoms with Crippen LogP contribution in [-0.4, -0.2) is 68.6 Å². The van der Waals surface area contributed by atoms with Crippen molar-refractivity contribution in [3.05, 3.63) is 106 Å². The highest BCUT2D eigenvalue weighted by molar-refractivity contribution is 9.12. The Morgan fingerprint density at radius 1 is 0.925 bits per heavy atom. The molecule has 0 amide bonds. The summed E-state index contributed by atoms with van der Waals surface area (Å²) in [5.41, 5.74) is 1.29. The number of fused-ring (bicyclic) bond motifs is 4. The van der Waals surface area contributed by atoms with Gasteiger partial charge in [-0.2, -0.15) is 0 Å². The van der Waals surface area contributed by atoms with Crippen molar-refractivity contribution in [1.29, 1.82) is 0 Å². The smallest absolute Gasteiger partial charge is 0.347 e. The lowest BCUT2D eigenvalue weighted by molar-refractivity contribution is -0.116. The summed E-state index contributed by atoms with van der Waals surface area (Å²) in [7, 11) is 7.40. The average Bonchev–Trinajstić information content (AvgIpc) is 3.41. The number of ether oxygens (including phenoxy) is 4. The number of carbonyl (C=O) groups excluding carboxylic acids is 2. The Kier molecular flexibility index (Phi) is 9.10. The molecule has 0 bridgehead atoms. The Morgan fingerprint density at radius 2 is 1.58 bits per heavy atom. The maximum absolute atomic E-state index is 14.1. The number of Topliss-reactive ketones (excluding diaryl/α,β-unsaturated/α-hetero) is 1. The van der Waals surface area contributed by atoms with Gasteiger partial charge in [0.1, 0.15) is 5.69 Å². The van der Waals surface area contributed by atoms with E-state index in [1.807, 2.05) is 0 Å². The van der Waals surface area contributed by atoms with Gasteiger partial charge in [0.2, 0.25) is 5.75 Å². The van der Waals surface area contributed by atoms with Crippen LogP contribution in [-0.2, 0) is 36.1 Å². The van der Waals surface area contributed by atoms with Gasteiger partial charge >= 0.3 is 11.4 Å². The van der Waals surface area contributed by atoms with Crippen molar-refractivity contribution in [3.63, 3.8) is 0 Å². The van der Waals surface area contributed by atoms with E-state index < -0.39 is 28.9 Å². The number of hydrogen-bond donors (Lipinski definition) is 1. The lowest BCUT2D eigenvalue weighted by Crippen LogP contribution is -2.41. The number of benzene rings is 2. The number of methoxy groups -OCH3 is 4. The normalized spacial score (nSPS) is 18.1. The Labute approximate surface area is 309 Å². The Hall–Kier alpha value is -5.90. The van der Waals surface area contributed by atoms with Gasteiger partial charge in [0.25, 0.3) is 5.56 Å². The van der Waals surface area contributed by atoms with Gasteiger partial charge in [-0.15, -0.1) is 0 Å². The monoisotopic (exact) mass is 787 g/mol. The highest BCUT2D eigenvalue weighted by Crippen LogP contribution is 2.47. The molecule has 1 aliphatic heterocycles. The van der Waals surface area contributed by atoms with Crippen LogP contribution >= 0.6 is 15.9 Å². The summed E-state index contributed by atoms with van der Waals surface area (Å²) in [5, 5.41) is 10.4. The van der Waals surface area contributed by atoms with Gasteiger partial charge in [-0.25, -0.2) is 28.5 Å². The van der Waals surface area contributed by atoms with E-state index >= 15 is 0 Å². The predicted molar refractivity (Wildman–Crippen MR) is 196 cm³/mol. The first kappa shape index (κ1) is 35.5. The molecule has 0 saturated heterocycles. The number of ketones is 2. The number of nitrogens with zero attached hydrogens (tertiary/aromatic N) is 5. The van der Waals surface area contributed by atoms with E-state index in [0.717, 1.165) is 4.57 Å². The third-order valence-electron chi connectivity index (χ3n) is 9.93. The van der Waals surface area contributed by atoms with Crippen molar-refractivity contribution in [2.24, 2.45) is 13.0 Å². The van der Waals surface area contributed by atoms with Crippen molar-refractivity contribution in [2.45, 2.75) is 32.0 Å². The molecule has 2 aromatic carbocycles. The van der Waals surface area contributed by atoms with Crippen LogP contribution in [0.1, 0.15) is 23.7 Å². The third kappa shape index (κ3) is 5.73. The lowest BCUT2D eigenvalue weighted by atomic mass is 9.71. The molecule has 15 nitrogen and oxygen atoms in total. The van der Waals surface area contributed by atoms with Crippen LogP contribution in [0.25, 0.3) is 17.1 Å². The van der Waals surface area contributed by atoms with Crippen LogP contribution in [0.5, 0.6) is 28.7 Å². The third-order valence-corrected chi connectivity index (χ3v) is 10.5. The van der Waals surface area contributed by atoms with E-state index in [4.69, 9.17) is 18.9 Å². The summed E-state index contributed by atoms with van der Waals surface area (Å²) in [6, 6.07) is 5.72. The number of hydrogen-bond acceptors (Lipinski definition) is 11. The van der Waals surface area contributed by atoms with Gasteiger partial charge < -0.3 is 28.6 Å². The Morgan fingerprint density at radius 3 is 2.25 bits per heavy atom. The molecule has 274 valence electrons. The number of phenols is 1. The largest absolute Gasteiger partial charge is 0.502 e. The van der Waals surface area contributed by atoms with Crippen LogP contribution in [0.4, 0.5) is 0 Å². The summed E-state index contributed by atoms with van der Waals surface area (Å²) in [6.07, 6.45) is 6.49. The van der Waals surface area contributed by atoms with Crippen LogP contribution in [0.3, 0.4) is 0 Å². The molecule has 4 aromatic rings. The molecule has 7 rings (SSSR count). The summed E-state index contributed by atoms with van der Waals surface area (Å²) < 4.78 is 26.6. The number of aromatic hydroxyl groups is 1. The molecular formula is C37H34BrN5O10. The summed E-state index contributed by atoms with van der Waals surface area (Å²) >= 11 is 3.22. The SMILES string of the molecule is COc1cc2nc(CCn3c(=O)n4n(c3=O)C3CC5=C(C(=O)C=C(Br)C5=O)C(C=Cc5cc(OC)c(O)c(OC)c5)C3=CC4)c(=O)n(C)c2cc1OC. The molecule has 0 spiro atoms. The number of aryl methyl sites for hydroxylation is 2. The Bertz CT molecular complexity index is 2540. The topological polar surface area (TPSA) is 175 Å². The average molecular weight is 789 g/mol. The number of aromatic nitrogens is 5. The fraction of sp³-hybridized carbons (Fsp3) is 0.297. The molecular weight excluding hydrogens is 754 g/mol. The van der Waals surface area contributed by atoms with E-state index in [2.05, 4.69) is 20.9 Å². The maximum Gasteiger partial charge on any atom is 0.347 e. The molecule has 2 aliphatic carbocycles. The van der Waals surface area contributed by atoms with E-state index in [0.29, 0.717) is 33.7 Å². The minimum atomic E-state index is -0.772. The molecule has 2 aromatic heterocycles. The molecule has 3 heterocycles. The first-order chi connectivity index (χ1) is 25.4. The second-order valence-corrected chi connectivity index (χ2v) is 13.5. The van der Waals surface area contributed by atoms with E-state index in [1.165, 1.54) is 48.4 Å². The second kappa shape index (κ2) is 13.6. The van der Waals surface area contributed by atoms with Crippen LogP contribution in [0.2, 0.25) is 0 Å². The highest BCUT2D eigenvalue weighted by atomic mass is 79.9. The van der Waals surface area contributed by atoms with Crippen molar-refractivity contribution >= 4 is 44.6 Å². The summed E-state index contributed by atoms with van der Waals surface area (Å²) in [6.45, 7) is -0.110. The zero-order chi connectivity index (χ0) is 37.9. The van der Waals surface area contributed by atoms with Crippen molar-refractivity contribution < 1.29 is 33.6 Å². The van der Waals surface area contributed by atoms with Crippen molar-refractivity contribution in [2.75, 3.05) is 28.4 Å². The Balaban J connectivity index is 1.27. The fourth-order valence-corrected chi connectivity index (χ4v) is 7.75. The number of allylic oxidation sites excluding steroid dienone is 7. The maximum atomic E-state index is 14.1. The summed E-state index contributed by atoms with van der Waals surface area (Å²) in [5.74, 6) is -0.437. The molecule has 0 radical (unpaired) electrons. The number of carbonyl (C=O) groups is 2. The van der Waals surface area contributed by atoms with Gasteiger partial charge in [0, 0.05) is 61.7 Å². The van der Waals surface area contributed by atoms with Gasteiger partial charge in [-0.1, -0.05) is 18.2 Å². The quantitative estimate of drug-likeness (QED) is 0.195. The van der Waals surface area contributed by atoms with Gasteiger partial charge in [0.05, 0.1) is 56.5 Å². The molecule has 16 heteroatoms. The zero-order valence-corrected chi connectivity index (χ0v) is 30.9. The van der Waals surface area contributed by atoms with Crippen LogP contribution in [0, 0.1) is 5.92 Å². The first-order valence-electron chi connectivity index (χ1n) is 16.5. The van der Waals surface area contributed by atoms with Crippen LogP contribution < -0.4 is 35.9 Å². The van der Waals surface area contributed by atoms with E-state index in [-0.39, 0.29) is 76.1 Å². The predicted octanol–water partition coefficient (Wildman–Crippen LogP) is 2.98. The molecule has 0 fully saturated rings. The van der Waals surface area contributed by atoms with Gasteiger partial charge in [-0.3, -0.25) is 14.4 Å². The number of halogens is 1. The van der Waals surface area contributed by atoms with E-state index in [1.54, 1.807) is 49.5 Å². The second-order valence-electron chi connectivity index (χ2n) is 12.6.